The summed E-state index contributed by atoms with van der Waals surface area (Å²) in [7, 11) is 1.44. The predicted octanol–water partition coefficient (Wildman–Crippen LogP) is 3.65. The lowest BCUT2D eigenvalue weighted by molar-refractivity contribution is 0.0924. The van der Waals surface area contributed by atoms with Gasteiger partial charge in [-0.3, -0.25) is 14.4 Å². The minimum atomic E-state index is -0.422. The highest BCUT2D eigenvalue weighted by Gasteiger charge is 2.36. The first-order valence-corrected chi connectivity index (χ1v) is 8.52. The van der Waals surface area contributed by atoms with Gasteiger partial charge in [0.1, 0.15) is 5.75 Å². The first-order chi connectivity index (χ1) is 13.5. The highest BCUT2D eigenvalue weighted by Crippen LogP contribution is 2.34. The van der Waals surface area contributed by atoms with Crippen LogP contribution in [0.2, 0.25) is 0 Å². The number of carbonyl (C=O) groups excluding carboxylic acids is 3. The Kier molecular flexibility index (Phi) is 4.19. The topological polar surface area (TPSA) is 88.9 Å². The van der Waals surface area contributed by atoms with E-state index in [1.54, 1.807) is 49.4 Å². The minimum absolute atomic E-state index is 0.200. The van der Waals surface area contributed by atoms with Gasteiger partial charge in [0.2, 0.25) is 0 Å². The fraction of sp³-hybridized carbons (Fsp3) is 0.0952. The second-order valence-corrected chi connectivity index (χ2v) is 6.26. The lowest BCUT2D eigenvalue weighted by Gasteiger charge is -2.17. The largest absolute Gasteiger partial charge is 0.494 e. The SMILES string of the molecule is COc1cc(N2C(=O)c3ccccc3C2=O)ccc1NC(=O)c1occc1C. The lowest BCUT2D eigenvalue weighted by atomic mass is 10.1. The van der Waals surface area contributed by atoms with Crippen LogP contribution in [0, 0.1) is 6.92 Å². The van der Waals surface area contributed by atoms with Crippen molar-refractivity contribution in [3.8, 4) is 5.75 Å². The molecule has 1 aliphatic heterocycles. The molecule has 140 valence electrons. The van der Waals surface area contributed by atoms with Crippen LogP contribution in [0.25, 0.3) is 0 Å². The fourth-order valence-electron chi connectivity index (χ4n) is 3.13. The molecule has 4 rings (SSSR count). The van der Waals surface area contributed by atoms with Crippen molar-refractivity contribution in [2.75, 3.05) is 17.3 Å². The third-order valence-electron chi connectivity index (χ3n) is 4.55. The van der Waals surface area contributed by atoms with Crippen LogP contribution in [-0.4, -0.2) is 24.8 Å². The van der Waals surface area contributed by atoms with Crippen LogP contribution >= 0.6 is 0 Å². The third-order valence-corrected chi connectivity index (χ3v) is 4.55. The van der Waals surface area contributed by atoms with E-state index in [9.17, 15) is 14.4 Å². The van der Waals surface area contributed by atoms with E-state index in [-0.39, 0.29) is 5.76 Å². The van der Waals surface area contributed by atoms with Gasteiger partial charge in [-0.2, -0.15) is 0 Å². The monoisotopic (exact) mass is 376 g/mol. The van der Waals surface area contributed by atoms with Crippen molar-refractivity contribution in [1.29, 1.82) is 0 Å². The van der Waals surface area contributed by atoms with Crippen molar-refractivity contribution in [2.24, 2.45) is 0 Å². The number of amides is 3. The summed E-state index contributed by atoms with van der Waals surface area (Å²) in [5.74, 6) is -0.705. The molecule has 0 radical (unpaired) electrons. The number of imide groups is 1. The summed E-state index contributed by atoms with van der Waals surface area (Å²) in [6.45, 7) is 1.76. The Morgan fingerprint density at radius 2 is 1.71 bits per heavy atom. The van der Waals surface area contributed by atoms with Gasteiger partial charge >= 0.3 is 0 Å². The molecule has 0 aliphatic carbocycles. The summed E-state index contributed by atoms with van der Waals surface area (Å²) in [5.41, 5.74) is 2.17. The molecular weight excluding hydrogens is 360 g/mol. The van der Waals surface area contributed by atoms with Gasteiger partial charge in [0, 0.05) is 11.6 Å². The summed E-state index contributed by atoms with van der Waals surface area (Å²) < 4.78 is 10.5. The Labute approximate surface area is 160 Å². The fourth-order valence-corrected chi connectivity index (χ4v) is 3.13. The highest BCUT2D eigenvalue weighted by molar-refractivity contribution is 6.34. The van der Waals surface area contributed by atoms with Crippen molar-refractivity contribution in [3.63, 3.8) is 0 Å². The molecule has 0 spiro atoms. The number of aryl methyl sites for hydroxylation is 1. The highest BCUT2D eigenvalue weighted by atomic mass is 16.5. The minimum Gasteiger partial charge on any atom is -0.494 e. The average Bonchev–Trinajstić information content (AvgIpc) is 3.24. The molecule has 2 heterocycles. The van der Waals surface area contributed by atoms with Crippen LogP contribution < -0.4 is 15.0 Å². The van der Waals surface area contributed by atoms with Crippen molar-refractivity contribution in [1.82, 2.24) is 0 Å². The second kappa shape index (κ2) is 6.70. The summed E-state index contributed by atoms with van der Waals surface area (Å²) in [5, 5.41) is 2.72. The second-order valence-electron chi connectivity index (χ2n) is 6.26. The van der Waals surface area contributed by atoms with Crippen LogP contribution in [-0.2, 0) is 0 Å². The van der Waals surface area contributed by atoms with Gasteiger partial charge in [-0.15, -0.1) is 0 Å². The van der Waals surface area contributed by atoms with Gasteiger partial charge in [0.25, 0.3) is 17.7 Å². The van der Waals surface area contributed by atoms with Gasteiger partial charge in [0.15, 0.2) is 5.76 Å². The molecule has 3 aromatic rings. The Bertz CT molecular complexity index is 1080. The number of fused-ring (bicyclic) bond motifs is 1. The molecule has 1 N–H and O–H groups in total. The molecule has 0 fully saturated rings. The number of furan rings is 1. The molecule has 0 saturated carbocycles. The predicted molar refractivity (Wildman–Crippen MR) is 102 cm³/mol. The number of anilines is 2. The number of hydrogen-bond acceptors (Lipinski definition) is 5. The molecule has 0 atom stereocenters. The molecular formula is C21H16N2O5. The van der Waals surface area contributed by atoms with Crippen molar-refractivity contribution >= 4 is 29.1 Å². The van der Waals surface area contributed by atoms with Gasteiger partial charge in [-0.1, -0.05) is 12.1 Å². The van der Waals surface area contributed by atoms with E-state index in [0.29, 0.717) is 33.8 Å². The molecule has 7 heteroatoms. The van der Waals surface area contributed by atoms with Crippen molar-refractivity contribution < 1.29 is 23.5 Å². The Hall–Kier alpha value is -3.87. The van der Waals surface area contributed by atoms with Crippen LogP contribution in [0.1, 0.15) is 36.8 Å². The number of rotatable bonds is 4. The van der Waals surface area contributed by atoms with Crippen LogP contribution in [0.5, 0.6) is 5.75 Å². The number of ether oxygens (including phenoxy) is 1. The van der Waals surface area contributed by atoms with E-state index in [4.69, 9.17) is 9.15 Å². The number of carbonyl (C=O) groups is 3. The van der Waals surface area contributed by atoms with E-state index < -0.39 is 17.7 Å². The summed E-state index contributed by atoms with van der Waals surface area (Å²) >= 11 is 0. The zero-order valence-corrected chi connectivity index (χ0v) is 15.2. The molecule has 0 bridgehead atoms. The summed E-state index contributed by atoms with van der Waals surface area (Å²) in [6, 6.07) is 13.0. The quantitative estimate of drug-likeness (QED) is 0.702. The Morgan fingerprint density at radius 3 is 2.29 bits per heavy atom. The maximum Gasteiger partial charge on any atom is 0.291 e. The maximum absolute atomic E-state index is 12.6. The molecule has 1 aliphatic rings. The average molecular weight is 376 g/mol. The number of nitrogens with one attached hydrogen (secondary N) is 1. The summed E-state index contributed by atoms with van der Waals surface area (Å²) in [6.07, 6.45) is 1.44. The number of hydrogen-bond donors (Lipinski definition) is 1. The number of nitrogens with zero attached hydrogens (tertiary/aromatic N) is 1. The zero-order valence-electron chi connectivity index (χ0n) is 15.2. The smallest absolute Gasteiger partial charge is 0.291 e. The molecule has 3 amide bonds. The maximum atomic E-state index is 12.6. The first kappa shape index (κ1) is 17.5. The first-order valence-electron chi connectivity index (χ1n) is 8.52. The van der Waals surface area contributed by atoms with E-state index in [0.717, 1.165) is 4.90 Å². The van der Waals surface area contributed by atoms with Crippen LogP contribution in [0.4, 0.5) is 11.4 Å². The van der Waals surface area contributed by atoms with Crippen LogP contribution in [0.3, 0.4) is 0 Å². The molecule has 7 nitrogen and oxygen atoms in total. The number of benzene rings is 2. The lowest BCUT2D eigenvalue weighted by Crippen LogP contribution is -2.29. The molecule has 0 saturated heterocycles. The third kappa shape index (κ3) is 2.73. The van der Waals surface area contributed by atoms with E-state index in [1.807, 2.05) is 0 Å². The number of methoxy groups -OCH3 is 1. The van der Waals surface area contributed by atoms with Gasteiger partial charge in [-0.05, 0) is 37.3 Å². The van der Waals surface area contributed by atoms with E-state index in [2.05, 4.69) is 5.32 Å². The standard InChI is InChI=1S/C21H16N2O5/c1-12-9-10-28-18(12)19(24)22-16-8-7-13(11-17(16)27-2)23-20(25)14-5-3-4-6-15(14)21(23)26/h3-11H,1-2H3,(H,22,24). The van der Waals surface area contributed by atoms with E-state index >= 15 is 0 Å². The van der Waals surface area contributed by atoms with E-state index in [1.165, 1.54) is 19.4 Å². The normalized spacial score (nSPS) is 12.9. The van der Waals surface area contributed by atoms with Gasteiger partial charge in [0.05, 0.1) is 35.9 Å². The van der Waals surface area contributed by atoms with Gasteiger partial charge in [-0.25, -0.2) is 4.90 Å². The molecule has 1 aromatic heterocycles. The van der Waals surface area contributed by atoms with Gasteiger partial charge < -0.3 is 14.5 Å². The van der Waals surface area contributed by atoms with Crippen LogP contribution in [0.15, 0.2) is 59.2 Å². The molecule has 0 unspecified atom stereocenters. The summed E-state index contributed by atoms with van der Waals surface area (Å²) in [4.78, 5) is 38.8. The Balaban J connectivity index is 1.65. The van der Waals surface area contributed by atoms with Crippen molar-refractivity contribution in [3.05, 3.63) is 77.2 Å². The molecule has 28 heavy (non-hydrogen) atoms. The Morgan fingerprint density at radius 1 is 1.04 bits per heavy atom. The zero-order chi connectivity index (χ0) is 19.8. The van der Waals surface area contributed by atoms with Crippen molar-refractivity contribution in [2.45, 2.75) is 6.92 Å². The molecule has 2 aromatic carbocycles.